The zero-order chi connectivity index (χ0) is 18.5. The van der Waals surface area contributed by atoms with E-state index in [2.05, 4.69) is 39.8 Å². The van der Waals surface area contributed by atoms with E-state index in [1.165, 1.54) is 0 Å². The second-order valence-electron chi connectivity index (χ2n) is 7.22. The van der Waals surface area contributed by atoms with Crippen LogP contribution in [0.15, 0.2) is 30.9 Å². The van der Waals surface area contributed by atoms with Gasteiger partial charge in [0.15, 0.2) is 0 Å². The summed E-state index contributed by atoms with van der Waals surface area (Å²) in [6, 6.07) is 6.11. The summed E-state index contributed by atoms with van der Waals surface area (Å²) >= 11 is 0. The number of para-hydroxylation sites is 1. The Morgan fingerprint density at radius 1 is 1.54 bits per heavy atom. The van der Waals surface area contributed by atoms with Gasteiger partial charge in [0, 0.05) is 39.6 Å². The second-order valence-corrected chi connectivity index (χ2v) is 7.22. The molecule has 0 aliphatic carbocycles. The van der Waals surface area contributed by atoms with E-state index in [9.17, 15) is 4.79 Å². The number of likely N-dealkylation sites (N-methyl/N-ethyl adjacent to an activating group) is 1. The lowest BCUT2D eigenvalue weighted by atomic mass is 10.1. The van der Waals surface area contributed by atoms with Crippen molar-refractivity contribution in [3.63, 3.8) is 0 Å². The fourth-order valence-corrected chi connectivity index (χ4v) is 3.51. The minimum Gasteiger partial charge on any atom is -0.342 e. The zero-order valence-electron chi connectivity index (χ0n) is 15.8. The predicted octanol–water partition coefficient (Wildman–Crippen LogP) is 2.56. The Kier molecular flexibility index (Phi) is 5.93. The first-order valence-electron chi connectivity index (χ1n) is 9.33. The lowest BCUT2D eigenvalue weighted by Crippen LogP contribution is -2.41. The van der Waals surface area contributed by atoms with Crippen molar-refractivity contribution in [2.45, 2.75) is 19.8 Å². The van der Waals surface area contributed by atoms with Crippen LogP contribution in [0, 0.1) is 12.8 Å². The average molecular weight is 355 g/mol. The summed E-state index contributed by atoms with van der Waals surface area (Å²) in [5.74, 6) is 1.45. The third kappa shape index (κ3) is 4.43. The molecule has 26 heavy (non-hydrogen) atoms. The minimum atomic E-state index is -0.0144. The highest BCUT2D eigenvalue weighted by Crippen LogP contribution is 2.16. The molecule has 0 spiro atoms. The van der Waals surface area contributed by atoms with Gasteiger partial charge >= 0.3 is 6.03 Å². The van der Waals surface area contributed by atoms with Crippen molar-refractivity contribution in [3.05, 3.63) is 42.2 Å². The topological polar surface area (TPSA) is 64.3 Å². The molecular formula is C20H29N5O. The van der Waals surface area contributed by atoms with Gasteiger partial charge in [0.1, 0.15) is 5.82 Å². The highest BCUT2D eigenvalue weighted by atomic mass is 16.2. The van der Waals surface area contributed by atoms with Crippen LogP contribution in [0.3, 0.4) is 0 Å². The number of benzene rings is 1. The van der Waals surface area contributed by atoms with Gasteiger partial charge in [0.05, 0.1) is 11.0 Å². The molecule has 1 aromatic carbocycles. The molecule has 0 radical (unpaired) electrons. The van der Waals surface area contributed by atoms with Crippen molar-refractivity contribution in [2.24, 2.45) is 5.92 Å². The number of likely N-dealkylation sites (tertiary alicyclic amines) is 1. The van der Waals surface area contributed by atoms with E-state index < -0.39 is 0 Å². The van der Waals surface area contributed by atoms with Gasteiger partial charge in [0.25, 0.3) is 0 Å². The van der Waals surface area contributed by atoms with Crippen LogP contribution in [0.25, 0.3) is 11.0 Å². The van der Waals surface area contributed by atoms with Crippen LogP contribution in [0.4, 0.5) is 4.79 Å². The standard InChI is InChI=1S/C20H29N5O/c1-4-10-25-12-8-16(14-25)13-21-20(26)24(3)11-9-18-22-17-7-5-6-15(2)19(17)23-18/h4-7,16H,1,8-14H2,2-3H3,(H,21,26)(H,22,23). The molecule has 140 valence electrons. The van der Waals surface area contributed by atoms with Crippen LogP contribution in [0.1, 0.15) is 17.8 Å². The van der Waals surface area contributed by atoms with E-state index in [1.54, 1.807) is 4.90 Å². The number of nitrogens with one attached hydrogen (secondary N) is 2. The average Bonchev–Trinajstić information content (AvgIpc) is 3.25. The maximum absolute atomic E-state index is 12.3. The van der Waals surface area contributed by atoms with Crippen molar-refractivity contribution in [1.29, 1.82) is 0 Å². The lowest BCUT2D eigenvalue weighted by molar-refractivity contribution is 0.207. The van der Waals surface area contributed by atoms with Gasteiger partial charge in [-0.1, -0.05) is 18.2 Å². The Bertz CT molecular complexity index is 769. The Hall–Kier alpha value is -2.34. The van der Waals surface area contributed by atoms with E-state index in [1.807, 2.05) is 25.3 Å². The zero-order valence-corrected chi connectivity index (χ0v) is 15.8. The maximum Gasteiger partial charge on any atom is 0.317 e. The normalized spacial score (nSPS) is 17.5. The molecule has 2 N–H and O–H groups in total. The first-order valence-corrected chi connectivity index (χ1v) is 9.33. The maximum atomic E-state index is 12.3. The molecule has 1 saturated heterocycles. The first-order chi connectivity index (χ1) is 12.6. The third-order valence-electron chi connectivity index (χ3n) is 5.09. The second kappa shape index (κ2) is 8.36. The Morgan fingerprint density at radius 3 is 3.15 bits per heavy atom. The van der Waals surface area contributed by atoms with Crippen molar-refractivity contribution in [1.82, 2.24) is 25.1 Å². The SMILES string of the molecule is C=CCN1CCC(CNC(=O)N(C)CCc2nc3c(C)cccc3[nH]2)C1. The molecule has 2 amide bonds. The summed E-state index contributed by atoms with van der Waals surface area (Å²) < 4.78 is 0. The molecule has 3 rings (SSSR count). The highest BCUT2D eigenvalue weighted by Gasteiger charge is 2.22. The van der Waals surface area contributed by atoms with Gasteiger partial charge in [-0.2, -0.15) is 0 Å². The molecular weight excluding hydrogens is 326 g/mol. The van der Waals surface area contributed by atoms with E-state index in [-0.39, 0.29) is 6.03 Å². The molecule has 6 nitrogen and oxygen atoms in total. The number of imidazole rings is 1. The van der Waals surface area contributed by atoms with Crippen molar-refractivity contribution < 1.29 is 4.79 Å². The van der Waals surface area contributed by atoms with Gasteiger partial charge in [-0.05, 0) is 37.4 Å². The smallest absolute Gasteiger partial charge is 0.317 e. The number of hydrogen-bond donors (Lipinski definition) is 2. The highest BCUT2D eigenvalue weighted by molar-refractivity contribution is 5.78. The number of H-pyrrole nitrogens is 1. The molecule has 2 heterocycles. The Morgan fingerprint density at radius 2 is 2.38 bits per heavy atom. The molecule has 2 aromatic rings. The Balaban J connectivity index is 1.44. The van der Waals surface area contributed by atoms with E-state index in [0.717, 1.165) is 55.0 Å². The number of urea groups is 1. The van der Waals surface area contributed by atoms with Crippen LogP contribution >= 0.6 is 0 Å². The number of aryl methyl sites for hydroxylation is 1. The molecule has 0 saturated carbocycles. The van der Waals surface area contributed by atoms with Gasteiger partial charge in [0.2, 0.25) is 0 Å². The van der Waals surface area contributed by atoms with Gasteiger partial charge < -0.3 is 15.2 Å². The van der Waals surface area contributed by atoms with Crippen molar-refractivity contribution in [3.8, 4) is 0 Å². The van der Waals surface area contributed by atoms with E-state index >= 15 is 0 Å². The summed E-state index contributed by atoms with van der Waals surface area (Å²) in [6.07, 6.45) is 3.79. The largest absolute Gasteiger partial charge is 0.342 e. The van der Waals surface area contributed by atoms with E-state index in [4.69, 9.17) is 0 Å². The number of carbonyl (C=O) groups is 1. The van der Waals surface area contributed by atoms with Crippen LogP contribution in [0.5, 0.6) is 0 Å². The fourth-order valence-electron chi connectivity index (χ4n) is 3.51. The molecule has 1 atom stereocenters. The number of aromatic nitrogens is 2. The van der Waals surface area contributed by atoms with E-state index in [0.29, 0.717) is 18.9 Å². The molecule has 0 bridgehead atoms. The summed E-state index contributed by atoms with van der Waals surface area (Å²) in [6.45, 7) is 10.3. The van der Waals surface area contributed by atoms with Gasteiger partial charge in [-0.15, -0.1) is 6.58 Å². The lowest BCUT2D eigenvalue weighted by Gasteiger charge is -2.19. The molecule has 6 heteroatoms. The number of rotatable bonds is 7. The molecule has 1 aliphatic heterocycles. The molecule has 1 aromatic heterocycles. The fraction of sp³-hybridized carbons (Fsp3) is 0.500. The minimum absolute atomic E-state index is 0.0144. The first kappa shape index (κ1) is 18.5. The molecule has 1 unspecified atom stereocenters. The summed E-state index contributed by atoms with van der Waals surface area (Å²) in [5.41, 5.74) is 3.23. The summed E-state index contributed by atoms with van der Waals surface area (Å²) in [5, 5.41) is 3.06. The quantitative estimate of drug-likeness (QED) is 0.750. The molecule has 1 fully saturated rings. The predicted molar refractivity (Wildman–Crippen MR) is 105 cm³/mol. The number of hydrogen-bond acceptors (Lipinski definition) is 3. The number of carbonyl (C=O) groups excluding carboxylic acids is 1. The molecule has 1 aliphatic rings. The van der Waals surface area contributed by atoms with Crippen LogP contribution in [-0.2, 0) is 6.42 Å². The number of amides is 2. The van der Waals surface area contributed by atoms with Crippen LogP contribution < -0.4 is 5.32 Å². The summed E-state index contributed by atoms with van der Waals surface area (Å²) in [7, 11) is 1.84. The van der Waals surface area contributed by atoms with Gasteiger partial charge in [-0.3, -0.25) is 4.90 Å². The van der Waals surface area contributed by atoms with Crippen LogP contribution in [0.2, 0.25) is 0 Å². The van der Waals surface area contributed by atoms with Crippen molar-refractivity contribution >= 4 is 17.1 Å². The monoisotopic (exact) mass is 355 g/mol. The number of aromatic amines is 1. The summed E-state index contributed by atoms with van der Waals surface area (Å²) in [4.78, 5) is 24.4. The number of fused-ring (bicyclic) bond motifs is 1. The Labute approximate surface area is 155 Å². The van der Waals surface area contributed by atoms with Crippen LogP contribution in [-0.4, -0.2) is 65.6 Å². The number of nitrogens with zero attached hydrogens (tertiary/aromatic N) is 3. The van der Waals surface area contributed by atoms with Gasteiger partial charge in [-0.25, -0.2) is 9.78 Å². The van der Waals surface area contributed by atoms with Crippen molar-refractivity contribution in [2.75, 3.05) is 39.8 Å². The third-order valence-corrected chi connectivity index (χ3v) is 5.09.